The Morgan fingerprint density at radius 2 is 1.89 bits per heavy atom. The lowest BCUT2D eigenvalue weighted by molar-refractivity contribution is 1.42. The van der Waals surface area contributed by atoms with Gasteiger partial charge in [-0.2, -0.15) is 0 Å². The molecule has 0 saturated heterocycles. The first-order chi connectivity index (χ1) is 4.18. The summed E-state index contributed by atoms with van der Waals surface area (Å²) in [6, 6.07) is 0. The minimum atomic E-state index is 0.633. The second-order valence-electron chi connectivity index (χ2n) is 2.00. The van der Waals surface area contributed by atoms with Crippen molar-refractivity contribution in [1.29, 1.82) is 5.41 Å². The Labute approximate surface area is 56.6 Å². The first-order valence-electron chi connectivity index (χ1n) is 3.03. The Bertz CT molecular complexity index is 152. The molecule has 0 saturated carbocycles. The van der Waals surface area contributed by atoms with E-state index in [9.17, 15) is 0 Å². The molecule has 1 N–H and O–H groups in total. The van der Waals surface area contributed by atoms with E-state index in [4.69, 9.17) is 5.41 Å². The summed E-state index contributed by atoms with van der Waals surface area (Å²) < 4.78 is 0. The highest BCUT2D eigenvalue weighted by atomic mass is 14.4. The predicted octanol–water partition coefficient (Wildman–Crippen LogP) is 2.55. The SMILES string of the molecule is C/C=C\C=C(/C)C(C)=N. The van der Waals surface area contributed by atoms with Crippen LogP contribution in [0.2, 0.25) is 0 Å². The maximum Gasteiger partial charge on any atom is 0.0312 e. The summed E-state index contributed by atoms with van der Waals surface area (Å²) in [7, 11) is 0. The molecule has 0 rings (SSSR count). The van der Waals surface area contributed by atoms with Gasteiger partial charge in [0.2, 0.25) is 0 Å². The van der Waals surface area contributed by atoms with E-state index in [0.29, 0.717) is 5.71 Å². The van der Waals surface area contributed by atoms with Crippen LogP contribution in [0.3, 0.4) is 0 Å². The van der Waals surface area contributed by atoms with E-state index >= 15 is 0 Å². The number of rotatable bonds is 2. The van der Waals surface area contributed by atoms with Gasteiger partial charge in [-0.05, 0) is 26.3 Å². The van der Waals surface area contributed by atoms with E-state index in [1.165, 1.54) is 0 Å². The molecule has 0 atom stereocenters. The third kappa shape index (κ3) is 3.71. The van der Waals surface area contributed by atoms with Gasteiger partial charge in [0.25, 0.3) is 0 Å². The number of hydrogen-bond donors (Lipinski definition) is 1. The van der Waals surface area contributed by atoms with Gasteiger partial charge in [0.1, 0.15) is 0 Å². The zero-order valence-corrected chi connectivity index (χ0v) is 6.23. The molecular formula is C8H13N. The number of allylic oxidation sites excluding steroid dienone is 4. The Kier molecular flexibility index (Phi) is 3.69. The monoisotopic (exact) mass is 123 g/mol. The average Bonchev–Trinajstić information content (AvgIpc) is 1.82. The summed E-state index contributed by atoms with van der Waals surface area (Å²) >= 11 is 0. The molecule has 9 heavy (non-hydrogen) atoms. The van der Waals surface area contributed by atoms with Gasteiger partial charge in [-0.15, -0.1) is 0 Å². The summed E-state index contributed by atoms with van der Waals surface area (Å²) in [6.07, 6.45) is 5.82. The molecule has 50 valence electrons. The van der Waals surface area contributed by atoms with Gasteiger partial charge < -0.3 is 5.41 Å². The molecule has 0 heterocycles. The van der Waals surface area contributed by atoms with E-state index in [0.717, 1.165) is 5.57 Å². The predicted molar refractivity (Wildman–Crippen MR) is 42.0 cm³/mol. The third-order valence-corrected chi connectivity index (χ3v) is 1.13. The van der Waals surface area contributed by atoms with E-state index < -0.39 is 0 Å². The van der Waals surface area contributed by atoms with Crippen LogP contribution in [0.5, 0.6) is 0 Å². The van der Waals surface area contributed by atoms with Gasteiger partial charge >= 0.3 is 0 Å². The molecule has 0 aromatic rings. The van der Waals surface area contributed by atoms with Crippen LogP contribution in [0.15, 0.2) is 23.8 Å². The Balaban J connectivity index is 4.00. The van der Waals surface area contributed by atoms with Crippen LogP contribution in [0.25, 0.3) is 0 Å². The summed E-state index contributed by atoms with van der Waals surface area (Å²) in [5.74, 6) is 0. The van der Waals surface area contributed by atoms with Crippen LogP contribution in [-0.4, -0.2) is 5.71 Å². The topological polar surface area (TPSA) is 23.9 Å². The maximum atomic E-state index is 7.18. The molecule has 0 radical (unpaired) electrons. The van der Waals surface area contributed by atoms with Crippen LogP contribution in [0, 0.1) is 5.41 Å². The van der Waals surface area contributed by atoms with Crippen molar-refractivity contribution in [2.45, 2.75) is 20.8 Å². The fourth-order valence-corrected chi connectivity index (χ4v) is 0.366. The molecule has 0 aliphatic heterocycles. The molecule has 0 bridgehead atoms. The van der Waals surface area contributed by atoms with Crippen molar-refractivity contribution in [3.8, 4) is 0 Å². The molecule has 0 unspecified atom stereocenters. The molecule has 0 aromatic heterocycles. The fourth-order valence-electron chi connectivity index (χ4n) is 0.366. The lowest BCUT2D eigenvalue weighted by Gasteiger charge is -1.91. The zero-order valence-electron chi connectivity index (χ0n) is 6.23. The lowest BCUT2D eigenvalue weighted by Crippen LogP contribution is -1.87. The molecule has 0 fully saturated rings. The summed E-state index contributed by atoms with van der Waals surface area (Å²) in [4.78, 5) is 0. The Hall–Kier alpha value is -0.850. The maximum absolute atomic E-state index is 7.18. The second kappa shape index (κ2) is 4.07. The van der Waals surface area contributed by atoms with Crippen molar-refractivity contribution < 1.29 is 0 Å². The molecule has 0 aliphatic rings. The summed E-state index contributed by atoms with van der Waals surface area (Å²) in [5, 5.41) is 7.18. The Morgan fingerprint density at radius 3 is 2.22 bits per heavy atom. The quantitative estimate of drug-likeness (QED) is 0.431. The van der Waals surface area contributed by atoms with Gasteiger partial charge in [-0.25, -0.2) is 0 Å². The smallest absolute Gasteiger partial charge is 0.0312 e. The molecule has 0 spiro atoms. The highest BCUT2D eigenvalue weighted by molar-refractivity contribution is 5.95. The molecule has 0 amide bonds. The van der Waals surface area contributed by atoms with Crippen molar-refractivity contribution in [3.63, 3.8) is 0 Å². The van der Waals surface area contributed by atoms with Crippen molar-refractivity contribution in [2.75, 3.05) is 0 Å². The zero-order chi connectivity index (χ0) is 7.28. The van der Waals surface area contributed by atoms with E-state index in [1.54, 1.807) is 6.92 Å². The van der Waals surface area contributed by atoms with Crippen LogP contribution in [-0.2, 0) is 0 Å². The second-order valence-corrected chi connectivity index (χ2v) is 2.00. The van der Waals surface area contributed by atoms with Crippen LogP contribution in [0.4, 0.5) is 0 Å². The lowest BCUT2D eigenvalue weighted by atomic mass is 10.2. The van der Waals surface area contributed by atoms with Gasteiger partial charge in [-0.3, -0.25) is 0 Å². The van der Waals surface area contributed by atoms with Crippen LogP contribution < -0.4 is 0 Å². The van der Waals surface area contributed by atoms with Crippen LogP contribution >= 0.6 is 0 Å². The van der Waals surface area contributed by atoms with Crippen molar-refractivity contribution in [2.24, 2.45) is 0 Å². The molecule has 1 heteroatoms. The van der Waals surface area contributed by atoms with Gasteiger partial charge in [0, 0.05) is 5.71 Å². The van der Waals surface area contributed by atoms with E-state index in [1.807, 2.05) is 32.1 Å². The largest absolute Gasteiger partial charge is 0.305 e. The van der Waals surface area contributed by atoms with Crippen LogP contribution in [0.1, 0.15) is 20.8 Å². The first-order valence-corrected chi connectivity index (χ1v) is 3.03. The first kappa shape index (κ1) is 8.15. The summed E-state index contributed by atoms with van der Waals surface area (Å²) in [5.41, 5.74) is 1.65. The minimum absolute atomic E-state index is 0.633. The van der Waals surface area contributed by atoms with Crippen molar-refractivity contribution in [1.82, 2.24) is 0 Å². The standard InChI is InChI=1S/C8H13N/c1-4-5-6-7(2)8(3)9/h4-6,9H,1-3H3/b5-4-,7-6+,9-8?. The molecule has 0 aromatic carbocycles. The third-order valence-electron chi connectivity index (χ3n) is 1.13. The van der Waals surface area contributed by atoms with Crippen molar-refractivity contribution in [3.05, 3.63) is 23.8 Å². The van der Waals surface area contributed by atoms with Crippen molar-refractivity contribution >= 4 is 5.71 Å². The number of nitrogens with one attached hydrogen (secondary N) is 1. The minimum Gasteiger partial charge on any atom is -0.305 e. The normalized spacial score (nSPS) is 12.6. The molecule has 0 aliphatic carbocycles. The fraction of sp³-hybridized carbons (Fsp3) is 0.375. The highest BCUT2D eigenvalue weighted by Crippen LogP contribution is 1.93. The van der Waals surface area contributed by atoms with Gasteiger partial charge in [-0.1, -0.05) is 18.2 Å². The average molecular weight is 123 g/mol. The Morgan fingerprint density at radius 1 is 1.33 bits per heavy atom. The van der Waals surface area contributed by atoms with E-state index in [2.05, 4.69) is 0 Å². The van der Waals surface area contributed by atoms with E-state index in [-0.39, 0.29) is 0 Å². The van der Waals surface area contributed by atoms with Gasteiger partial charge in [0.15, 0.2) is 0 Å². The molecule has 1 nitrogen and oxygen atoms in total. The molecular weight excluding hydrogens is 110 g/mol. The highest BCUT2D eigenvalue weighted by Gasteiger charge is 1.85. The number of hydrogen-bond acceptors (Lipinski definition) is 1. The van der Waals surface area contributed by atoms with Gasteiger partial charge in [0.05, 0.1) is 0 Å². The summed E-state index contributed by atoms with van der Waals surface area (Å²) in [6.45, 7) is 5.68.